The number of hydrogen-bond donors (Lipinski definition) is 1. The van der Waals surface area contributed by atoms with E-state index in [0.29, 0.717) is 26.3 Å². The van der Waals surface area contributed by atoms with Crippen molar-refractivity contribution in [2.45, 2.75) is 31.1 Å². The summed E-state index contributed by atoms with van der Waals surface area (Å²) in [6.45, 7) is 3.65. The number of carbonyl (C=O) groups is 1. The van der Waals surface area contributed by atoms with Gasteiger partial charge in [0.1, 0.15) is 11.4 Å². The van der Waals surface area contributed by atoms with Crippen molar-refractivity contribution in [3.8, 4) is 0 Å². The fourth-order valence-corrected chi connectivity index (χ4v) is 3.42. The molecule has 1 aromatic rings. The molecule has 7 heteroatoms. The van der Waals surface area contributed by atoms with Gasteiger partial charge in [0.25, 0.3) is 0 Å². The Morgan fingerprint density at radius 2 is 2.43 bits per heavy atom. The van der Waals surface area contributed by atoms with Crippen LogP contribution in [0.4, 0.5) is 4.79 Å². The Hall–Kier alpha value is -1.57. The normalized spacial score (nSPS) is 28.4. The molecule has 2 N–H and O–H groups in total. The van der Waals surface area contributed by atoms with Gasteiger partial charge in [0.15, 0.2) is 0 Å². The van der Waals surface area contributed by atoms with E-state index in [2.05, 4.69) is 11.9 Å². The molecule has 128 valence electrons. The van der Waals surface area contributed by atoms with Crippen molar-refractivity contribution >= 4 is 6.03 Å². The summed E-state index contributed by atoms with van der Waals surface area (Å²) < 4.78 is 17.3. The van der Waals surface area contributed by atoms with Crippen molar-refractivity contribution in [3.05, 3.63) is 24.2 Å². The molecular formula is C16H25N3O4. The second kappa shape index (κ2) is 6.90. The monoisotopic (exact) mass is 323 g/mol. The highest BCUT2D eigenvalue weighted by atomic mass is 16.6. The fraction of sp³-hybridized carbons (Fsp3) is 0.688. The molecule has 0 saturated carbocycles. The number of ether oxygens (including phenoxy) is 2. The van der Waals surface area contributed by atoms with Crippen LogP contribution in [0, 0.1) is 0 Å². The number of nitrogens with zero attached hydrogens (tertiary/aromatic N) is 2. The van der Waals surface area contributed by atoms with E-state index in [1.54, 1.807) is 11.2 Å². The molecule has 1 spiro atoms. The Bertz CT molecular complexity index is 521. The van der Waals surface area contributed by atoms with Crippen molar-refractivity contribution < 1.29 is 18.7 Å². The zero-order valence-electron chi connectivity index (χ0n) is 13.6. The summed E-state index contributed by atoms with van der Waals surface area (Å²) in [6.07, 6.45) is 3.66. The Kier molecular flexibility index (Phi) is 4.89. The van der Waals surface area contributed by atoms with Crippen molar-refractivity contribution in [2.75, 3.05) is 39.9 Å². The summed E-state index contributed by atoms with van der Waals surface area (Å²) in [6, 6.07) is 3.46. The molecule has 3 rings (SSSR count). The predicted octanol–water partition coefficient (Wildman–Crippen LogP) is 1.04. The number of amides is 2. The van der Waals surface area contributed by atoms with E-state index in [9.17, 15) is 4.79 Å². The van der Waals surface area contributed by atoms with E-state index in [0.717, 1.165) is 31.7 Å². The van der Waals surface area contributed by atoms with Gasteiger partial charge in [-0.2, -0.15) is 0 Å². The summed E-state index contributed by atoms with van der Waals surface area (Å²) >= 11 is 0. The molecule has 2 atom stereocenters. The van der Waals surface area contributed by atoms with Gasteiger partial charge >= 0.3 is 6.03 Å². The van der Waals surface area contributed by atoms with Gasteiger partial charge in [-0.15, -0.1) is 0 Å². The van der Waals surface area contributed by atoms with Crippen LogP contribution in [-0.4, -0.2) is 67.4 Å². The lowest BCUT2D eigenvalue weighted by Gasteiger charge is -2.31. The van der Waals surface area contributed by atoms with E-state index in [-0.39, 0.29) is 6.10 Å². The van der Waals surface area contributed by atoms with Crippen LogP contribution >= 0.6 is 0 Å². The van der Waals surface area contributed by atoms with Crippen LogP contribution in [0.1, 0.15) is 18.6 Å². The summed E-state index contributed by atoms with van der Waals surface area (Å²) in [5.74, 6) is 0.943. The van der Waals surface area contributed by atoms with Crippen molar-refractivity contribution in [1.29, 1.82) is 0 Å². The molecule has 7 nitrogen and oxygen atoms in total. The van der Waals surface area contributed by atoms with Crippen LogP contribution < -0.4 is 5.73 Å². The largest absolute Gasteiger partial charge is 0.468 e. The number of likely N-dealkylation sites (N-methyl/N-ethyl adjacent to an activating group) is 1. The molecule has 0 aromatic carbocycles. The molecule has 0 unspecified atom stereocenters. The number of carbonyl (C=O) groups excluding carboxylic acids is 1. The molecule has 2 saturated heterocycles. The molecule has 2 aliphatic rings. The van der Waals surface area contributed by atoms with Gasteiger partial charge in [0.2, 0.25) is 0 Å². The van der Waals surface area contributed by atoms with Crippen molar-refractivity contribution in [2.24, 2.45) is 5.73 Å². The highest BCUT2D eigenvalue weighted by molar-refractivity contribution is 5.72. The molecule has 2 aliphatic heterocycles. The Morgan fingerprint density at radius 1 is 1.57 bits per heavy atom. The first kappa shape index (κ1) is 16.3. The standard InChI is InChI=1S/C16H25N3O4/c1-18(9-13-3-2-7-22-13)10-14-4-5-16(23-14)11-19(15(17)20)6-8-21-12-16/h2-3,7,14H,4-6,8-12H2,1H3,(H2,17,20)/t14-,16-/m1/s1. The predicted molar refractivity (Wildman–Crippen MR) is 83.9 cm³/mol. The summed E-state index contributed by atoms with van der Waals surface area (Å²) in [5, 5.41) is 0. The van der Waals surface area contributed by atoms with Gasteiger partial charge < -0.3 is 24.5 Å². The summed E-state index contributed by atoms with van der Waals surface area (Å²) in [7, 11) is 2.05. The zero-order chi connectivity index (χ0) is 16.3. The lowest BCUT2D eigenvalue weighted by molar-refractivity contribution is -0.0888. The Balaban J connectivity index is 1.55. The van der Waals surface area contributed by atoms with E-state index in [4.69, 9.17) is 19.6 Å². The smallest absolute Gasteiger partial charge is 0.314 e. The quantitative estimate of drug-likeness (QED) is 0.895. The van der Waals surface area contributed by atoms with Crippen LogP contribution in [0.25, 0.3) is 0 Å². The van der Waals surface area contributed by atoms with Crippen LogP contribution in [0.15, 0.2) is 22.8 Å². The van der Waals surface area contributed by atoms with Gasteiger partial charge in [0, 0.05) is 13.1 Å². The van der Waals surface area contributed by atoms with Crippen molar-refractivity contribution in [3.63, 3.8) is 0 Å². The van der Waals surface area contributed by atoms with Gasteiger partial charge in [-0.25, -0.2) is 4.79 Å². The van der Waals surface area contributed by atoms with E-state index >= 15 is 0 Å². The maximum absolute atomic E-state index is 11.5. The highest BCUT2D eigenvalue weighted by Gasteiger charge is 2.43. The maximum atomic E-state index is 11.5. The Labute approximate surface area is 136 Å². The summed E-state index contributed by atoms with van der Waals surface area (Å²) in [4.78, 5) is 15.3. The first-order valence-corrected chi connectivity index (χ1v) is 8.07. The average Bonchev–Trinajstić information content (AvgIpc) is 3.07. The van der Waals surface area contributed by atoms with E-state index < -0.39 is 11.6 Å². The molecule has 3 heterocycles. The van der Waals surface area contributed by atoms with Crippen LogP contribution in [0.5, 0.6) is 0 Å². The minimum Gasteiger partial charge on any atom is -0.468 e. The van der Waals surface area contributed by atoms with E-state index in [1.807, 2.05) is 12.1 Å². The number of hydrogen-bond acceptors (Lipinski definition) is 5. The van der Waals surface area contributed by atoms with Gasteiger partial charge in [0.05, 0.1) is 38.7 Å². The Morgan fingerprint density at radius 3 is 3.17 bits per heavy atom. The number of rotatable bonds is 4. The molecule has 0 radical (unpaired) electrons. The highest BCUT2D eigenvalue weighted by Crippen LogP contribution is 2.33. The average molecular weight is 323 g/mol. The lowest BCUT2D eigenvalue weighted by atomic mass is 10.00. The van der Waals surface area contributed by atoms with Crippen LogP contribution in [-0.2, 0) is 16.0 Å². The first-order valence-electron chi connectivity index (χ1n) is 8.07. The molecule has 2 amide bonds. The maximum Gasteiger partial charge on any atom is 0.314 e. The van der Waals surface area contributed by atoms with E-state index in [1.165, 1.54) is 0 Å². The van der Waals surface area contributed by atoms with Crippen molar-refractivity contribution in [1.82, 2.24) is 9.80 Å². The second-order valence-corrected chi connectivity index (χ2v) is 6.55. The fourth-order valence-electron chi connectivity index (χ4n) is 3.42. The van der Waals surface area contributed by atoms with Crippen LogP contribution in [0.2, 0.25) is 0 Å². The number of primary amides is 1. The molecular weight excluding hydrogens is 298 g/mol. The SMILES string of the molecule is CN(Cc1ccco1)C[C@H]1CC[C@@]2(COCCN(C(N)=O)C2)O1. The van der Waals surface area contributed by atoms with Gasteiger partial charge in [-0.3, -0.25) is 4.90 Å². The molecule has 0 bridgehead atoms. The molecule has 0 aliphatic carbocycles. The number of furan rings is 1. The molecule has 23 heavy (non-hydrogen) atoms. The zero-order valence-corrected chi connectivity index (χ0v) is 13.6. The third kappa shape index (κ3) is 4.04. The van der Waals surface area contributed by atoms with Crippen LogP contribution in [0.3, 0.4) is 0 Å². The third-order valence-corrected chi connectivity index (χ3v) is 4.52. The third-order valence-electron chi connectivity index (χ3n) is 4.52. The lowest BCUT2D eigenvalue weighted by Crippen LogP contribution is -2.48. The van der Waals surface area contributed by atoms with Gasteiger partial charge in [-0.05, 0) is 32.0 Å². The number of nitrogens with two attached hydrogens (primary N) is 1. The molecule has 1 aromatic heterocycles. The first-order chi connectivity index (χ1) is 11.1. The minimum atomic E-state index is -0.415. The minimum absolute atomic E-state index is 0.131. The number of urea groups is 1. The second-order valence-electron chi connectivity index (χ2n) is 6.55. The summed E-state index contributed by atoms with van der Waals surface area (Å²) in [5.41, 5.74) is 5.02. The topological polar surface area (TPSA) is 81.2 Å². The molecule has 2 fully saturated rings. The van der Waals surface area contributed by atoms with Gasteiger partial charge in [-0.1, -0.05) is 0 Å².